The van der Waals surface area contributed by atoms with Gasteiger partial charge in [0.15, 0.2) is 5.78 Å². The summed E-state index contributed by atoms with van der Waals surface area (Å²) in [6.07, 6.45) is 2.77. The topological polar surface area (TPSA) is 66.5 Å². The summed E-state index contributed by atoms with van der Waals surface area (Å²) in [5.74, 6) is 0.152. The molecule has 5 nitrogen and oxygen atoms in total. The number of nitrogens with zero attached hydrogens (tertiary/aromatic N) is 1. The number of ketones is 1. The van der Waals surface area contributed by atoms with E-state index < -0.39 is 10.0 Å². The molecular formula is C9H16N2O3S. The lowest BCUT2D eigenvalue weighted by atomic mass is 10.3. The Balaban J connectivity index is 2.34. The van der Waals surface area contributed by atoms with E-state index in [0.29, 0.717) is 19.4 Å². The van der Waals surface area contributed by atoms with Crippen LogP contribution < -0.4 is 5.32 Å². The minimum Gasteiger partial charge on any atom is -0.387 e. The van der Waals surface area contributed by atoms with Gasteiger partial charge < -0.3 is 5.32 Å². The Labute approximate surface area is 90.2 Å². The Bertz CT molecular complexity index is 371. The van der Waals surface area contributed by atoms with Gasteiger partial charge in [0.1, 0.15) is 0 Å². The van der Waals surface area contributed by atoms with Gasteiger partial charge in [-0.05, 0) is 6.42 Å². The summed E-state index contributed by atoms with van der Waals surface area (Å²) < 4.78 is 23.9. The summed E-state index contributed by atoms with van der Waals surface area (Å²) in [4.78, 5) is 10.9. The minimum atomic E-state index is -3.14. The second kappa shape index (κ2) is 4.76. The first kappa shape index (κ1) is 12.2. The van der Waals surface area contributed by atoms with Crippen molar-refractivity contribution < 1.29 is 13.2 Å². The molecule has 0 aliphatic heterocycles. The van der Waals surface area contributed by atoms with Gasteiger partial charge >= 0.3 is 0 Å². The maximum atomic E-state index is 11.4. The quantitative estimate of drug-likeness (QED) is 0.707. The molecule has 0 radical (unpaired) electrons. The second-order valence-electron chi connectivity index (χ2n) is 3.66. The van der Waals surface area contributed by atoms with Gasteiger partial charge in [-0.2, -0.15) is 0 Å². The number of sulfonamides is 1. The van der Waals surface area contributed by atoms with Crippen molar-refractivity contribution in [2.45, 2.75) is 12.8 Å². The van der Waals surface area contributed by atoms with Crippen LogP contribution in [-0.4, -0.2) is 44.9 Å². The van der Waals surface area contributed by atoms with Crippen LogP contribution in [0.15, 0.2) is 11.8 Å². The molecule has 1 N–H and O–H groups in total. The maximum absolute atomic E-state index is 11.4. The van der Waals surface area contributed by atoms with Gasteiger partial charge in [0.05, 0.1) is 5.75 Å². The molecule has 0 bridgehead atoms. The van der Waals surface area contributed by atoms with Crippen LogP contribution in [0.25, 0.3) is 0 Å². The molecule has 0 unspecified atom stereocenters. The number of carbonyl (C=O) groups excluding carboxylic acids is 1. The standard InChI is InChI=1S/C9H16N2O3S/c1-11(2)15(13,14)6-5-10-8-3-4-9(12)7-8/h7,10H,3-6H2,1-2H3. The monoisotopic (exact) mass is 232 g/mol. The third-order valence-corrected chi connectivity index (χ3v) is 4.08. The number of carbonyl (C=O) groups is 1. The normalized spacial score (nSPS) is 17.0. The number of allylic oxidation sites excluding steroid dienone is 2. The number of hydrogen-bond donors (Lipinski definition) is 1. The lowest BCUT2D eigenvalue weighted by Crippen LogP contribution is -2.30. The number of rotatable bonds is 5. The molecule has 1 rings (SSSR count). The molecule has 1 aliphatic rings. The van der Waals surface area contributed by atoms with Gasteiger partial charge in [-0.1, -0.05) is 0 Å². The summed E-state index contributed by atoms with van der Waals surface area (Å²) in [5.41, 5.74) is 0.842. The molecule has 0 amide bonds. The summed E-state index contributed by atoms with van der Waals surface area (Å²) >= 11 is 0. The predicted molar refractivity (Wildman–Crippen MR) is 57.8 cm³/mol. The molecular weight excluding hydrogens is 216 g/mol. The Morgan fingerprint density at radius 2 is 2.07 bits per heavy atom. The van der Waals surface area contributed by atoms with Crippen LogP contribution in [0.2, 0.25) is 0 Å². The molecule has 0 saturated heterocycles. The maximum Gasteiger partial charge on any atom is 0.215 e. The van der Waals surface area contributed by atoms with Gasteiger partial charge in [0.2, 0.25) is 10.0 Å². The van der Waals surface area contributed by atoms with Crippen molar-refractivity contribution in [3.63, 3.8) is 0 Å². The van der Waals surface area contributed by atoms with E-state index in [0.717, 1.165) is 5.70 Å². The zero-order valence-electron chi connectivity index (χ0n) is 8.99. The molecule has 6 heteroatoms. The van der Waals surface area contributed by atoms with Crippen molar-refractivity contribution >= 4 is 15.8 Å². The highest BCUT2D eigenvalue weighted by Gasteiger charge is 2.15. The van der Waals surface area contributed by atoms with Crippen molar-refractivity contribution in [1.29, 1.82) is 0 Å². The fraction of sp³-hybridized carbons (Fsp3) is 0.667. The van der Waals surface area contributed by atoms with Gasteiger partial charge in [0, 0.05) is 38.8 Å². The van der Waals surface area contributed by atoms with E-state index in [1.807, 2.05) is 0 Å². The Morgan fingerprint density at radius 3 is 2.53 bits per heavy atom. The van der Waals surface area contributed by atoms with Crippen LogP contribution in [0.1, 0.15) is 12.8 Å². The van der Waals surface area contributed by atoms with E-state index >= 15 is 0 Å². The summed E-state index contributed by atoms with van der Waals surface area (Å²) in [5, 5.41) is 2.96. The summed E-state index contributed by atoms with van der Waals surface area (Å²) in [6, 6.07) is 0. The smallest absolute Gasteiger partial charge is 0.215 e. The molecule has 1 aliphatic carbocycles. The summed E-state index contributed by atoms with van der Waals surface area (Å²) in [7, 11) is -0.129. The second-order valence-corrected chi connectivity index (χ2v) is 5.96. The van der Waals surface area contributed by atoms with Gasteiger partial charge in [-0.25, -0.2) is 12.7 Å². The van der Waals surface area contributed by atoms with Crippen LogP contribution in [0.4, 0.5) is 0 Å². The highest BCUT2D eigenvalue weighted by Crippen LogP contribution is 2.11. The average Bonchev–Trinajstić information content (AvgIpc) is 2.51. The molecule has 0 aromatic rings. The molecule has 86 valence electrons. The molecule has 0 heterocycles. The first-order valence-electron chi connectivity index (χ1n) is 4.79. The summed E-state index contributed by atoms with van der Waals surface area (Å²) in [6.45, 7) is 0.347. The molecule has 0 atom stereocenters. The van der Waals surface area contributed by atoms with E-state index in [-0.39, 0.29) is 11.5 Å². The van der Waals surface area contributed by atoms with E-state index in [2.05, 4.69) is 5.32 Å². The van der Waals surface area contributed by atoms with Crippen LogP contribution in [0.5, 0.6) is 0 Å². The van der Waals surface area contributed by atoms with Crippen molar-refractivity contribution in [3.05, 3.63) is 11.8 Å². The highest BCUT2D eigenvalue weighted by atomic mass is 32.2. The Kier molecular flexibility index (Phi) is 3.87. The highest BCUT2D eigenvalue weighted by molar-refractivity contribution is 7.89. The fourth-order valence-electron chi connectivity index (χ4n) is 1.26. The predicted octanol–water partition coefficient (Wildman–Crippen LogP) is -0.286. The average molecular weight is 232 g/mol. The molecule has 0 spiro atoms. The van der Waals surface area contributed by atoms with Gasteiger partial charge in [-0.3, -0.25) is 4.79 Å². The number of hydrogen-bond acceptors (Lipinski definition) is 4. The van der Waals surface area contributed by atoms with Crippen LogP contribution >= 0.6 is 0 Å². The van der Waals surface area contributed by atoms with Crippen LogP contribution in [-0.2, 0) is 14.8 Å². The van der Waals surface area contributed by atoms with Crippen LogP contribution in [0.3, 0.4) is 0 Å². The van der Waals surface area contributed by atoms with Crippen molar-refractivity contribution in [2.24, 2.45) is 0 Å². The van der Waals surface area contributed by atoms with E-state index in [9.17, 15) is 13.2 Å². The molecule has 0 saturated carbocycles. The number of nitrogens with one attached hydrogen (secondary N) is 1. The zero-order chi connectivity index (χ0) is 11.5. The molecule has 0 fully saturated rings. The Morgan fingerprint density at radius 1 is 1.40 bits per heavy atom. The van der Waals surface area contributed by atoms with E-state index in [4.69, 9.17) is 0 Å². The van der Waals surface area contributed by atoms with E-state index in [1.165, 1.54) is 18.4 Å². The largest absolute Gasteiger partial charge is 0.387 e. The van der Waals surface area contributed by atoms with Gasteiger partial charge in [0.25, 0.3) is 0 Å². The zero-order valence-corrected chi connectivity index (χ0v) is 9.80. The molecule has 0 aromatic carbocycles. The minimum absolute atomic E-state index is 0.0472. The lowest BCUT2D eigenvalue weighted by molar-refractivity contribution is -0.114. The lowest BCUT2D eigenvalue weighted by Gasteiger charge is -2.12. The Hall–Kier alpha value is -0.880. The van der Waals surface area contributed by atoms with Crippen LogP contribution in [0, 0.1) is 0 Å². The first-order valence-corrected chi connectivity index (χ1v) is 6.40. The van der Waals surface area contributed by atoms with Crippen molar-refractivity contribution in [1.82, 2.24) is 9.62 Å². The van der Waals surface area contributed by atoms with Crippen molar-refractivity contribution in [3.8, 4) is 0 Å². The van der Waals surface area contributed by atoms with Gasteiger partial charge in [-0.15, -0.1) is 0 Å². The SMILES string of the molecule is CN(C)S(=O)(=O)CCNC1=CC(=O)CC1. The van der Waals surface area contributed by atoms with E-state index in [1.54, 1.807) is 6.08 Å². The fourth-order valence-corrected chi connectivity index (χ4v) is 1.98. The third-order valence-electron chi connectivity index (χ3n) is 2.24. The third kappa shape index (κ3) is 3.64. The molecule has 15 heavy (non-hydrogen) atoms. The van der Waals surface area contributed by atoms with Crippen molar-refractivity contribution in [2.75, 3.05) is 26.4 Å². The molecule has 0 aromatic heterocycles. The first-order chi connectivity index (χ1) is 6.92.